The standard InChI is InChI=1S/C16H14F2O2/c1-10-3-5-13(16(7-10)20-2)15(19)9-11-8-12(17)4-6-14(11)18/h3-8H,9H2,1-2H3. The second-order valence-electron chi connectivity index (χ2n) is 4.54. The molecular weight excluding hydrogens is 262 g/mol. The van der Waals surface area contributed by atoms with Gasteiger partial charge >= 0.3 is 0 Å². The lowest BCUT2D eigenvalue weighted by molar-refractivity contribution is 0.0989. The van der Waals surface area contributed by atoms with Crippen LogP contribution in [-0.2, 0) is 6.42 Å². The van der Waals surface area contributed by atoms with Crippen molar-refractivity contribution in [1.82, 2.24) is 0 Å². The maximum atomic E-state index is 13.5. The van der Waals surface area contributed by atoms with Gasteiger partial charge in [-0.15, -0.1) is 0 Å². The van der Waals surface area contributed by atoms with Crippen LogP contribution in [0.25, 0.3) is 0 Å². The Morgan fingerprint density at radius 2 is 1.90 bits per heavy atom. The number of methoxy groups -OCH3 is 1. The average molecular weight is 276 g/mol. The number of hydrogen-bond donors (Lipinski definition) is 0. The molecule has 0 aliphatic rings. The molecule has 2 aromatic rings. The topological polar surface area (TPSA) is 26.3 Å². The minimum Gasteiger partial charge on any atom is -0.496 e. The first-order valence-corrected chi connectivity index (χ1v) is 6.13. The highest BCUT2D eigenvalue weighted by atomic mass is 19.1. The van der Waals surface area contributed by atoms with Gasteiger partial charge in [-0.25, -0.2) is 8.78 Å². The molecule has 0 amide bonds. The number of ketones is 1. The molecule has 2 aromatic carbocycles. The normalized spacial score (nSPS) is 10.4. The summed E-state index contributed by atoms with van der Waals surface area (Å²) in [6.07, 6.45) is -0.205. The third kappa shape index (κ3) is 3.02. The fraction of sp³-hybridized carbons (Fsp3) is 0.188. The maximum absolute atomic E-state index is 13.5. The molecular formula is C16H14F2O2. The van der Waals surface area contributed by atoms with Crippen molar-refractivity contribution in [3.05, 3.63) is 64.7 Å². The van der Waals surface area contributed by atoms with Crippen molar-refractivity contribution in [3.8, 4) is 5.75 Å². The molecule has 4 heteroatoms. The minimum atomic E-state index is -0.592. The van der Waals surface area contributed by atoms with E-state index < -0.39 is 11.6 Å². The highest BCUT2D eigenvalue weighted by Gasteiger charge is 2.15. The molecule has 0 saturated carbocycles. The molecule has 0 atom stereocenters. The zero-order valence-corrected chi connectivity index (χ0v) is 11.2. The molecule has 20 heavy (non-hydrogen) atoms. The summed E-state index contributed by atoms with van der Waals surface area (Å²) >= 11 is 0. The molecule has 0 N–H and O–H groups in total. The largest absolute Gasteiger partial charge is 0.496 e. The van der Waals surface area contributed by atoms with Crippen LogP contribution in [-0.4, -0.2) is 12.9 Å². The van der Waals surface area contributed by atoms with E-state index in [0.717, 1.165) is 23.8 Å². The van der Waals surface area contributed by atoms with Gasteiger partial charge in [0.25, 0.3) is 0 Å². The van der Waals surface area contributed by atoms with E-state index in [1.54, 1.807) is 18.2 Å². The highest BCUT2D eigenvalue weighted by molar-refractivity contribution is 6.00. The van der Waals surface area contributed by atoms with Crippen LogP contribution in [0.4, 0.5) is 8.78 Å². The molecule has 104 valence electrons. The van der Waals surface area contributed by atoms with Crippen LogP contribution in [0.2, 0.25) is 0 Å². The van der Waals surface area contributed by atoms with Gasteiger partial charge in [0, 0.05) is 6.42 Å². The van der Waals surface area contributed by atoms with E-state index >= 15 is 0 Å². The van der Waals surface area contributed by atoms with Crippen molar-refractivity contribution in [1.29, 1.82) is 0 Å². The zero-order chi connectivity index (χ0) is 14.7. The summed E-state index contributed by atoms with van der Waals surface area (Å²) in [6.45, 7) is 1.88. The molecule has 0 aliphatic heterocycles. The van der Waals surface area contributed by atoms with E-state index in [1.165, 1.54) is 7.11 Å². The monoisotopic (exact) mass is 276 g/mol. The summed E-state index contributed by atoms with van der Waals surface area (Å²) in [6, 6.07) is 8.22. The second kappa shape index (κ2) is 5.82. The molecule has 0 bridgehead atoms. The summed E-state index contributed by atoms with van der Waals surface area (Å²) in [7, 11) is 1.47. The first kappa shape index (κ1) is 14.2. The van der Waals surface area contributed by atoms with Crippen LogP contribution >= 0.6 is 0 Å². The fourth-order valence-corrected chi connectivity index (χ4v) is 1.98. The number of aryl methyl sites for hydroxylation is 1. The Labute approximate surface area is 116 Å². The van der Waals surface area contributed by atoms with E-state index in [-0.39, 0.29) is 17.8 Å². The van der Waals surface area contributed by atoms with E-state index in [2.05, 4.69) is 0 Å². The van der Waals surface area contributed by atoms with Crippen molar-refractivity contribution < 1.29 is 18.3 Å². The van der Waals surface area contributed by atoms with E-state index in [9.17, 15) is 13.6 Å². The third-order valence-corrected chi connectivity index (χ3v) is 3.02. The van der Waals surface area contributed by atoms with Gasteiger partial charge in [-0.3, -0.25) is 4.79 Å². The predicted octanol–water partition coefficient (Wildman–Crippen LogP) is 3.71. The van der Waals surface area contributed by atoms with Gasteiger partial charge in [0.1, 0.15) is 17.4 Å². The Balaban J connectivity index is 2.30. The van der Waals surface area contributed by atoms with Gasteiger partial charge in [-0.2, -0.15) is 0 Å². The van der Waals surface area contributed by atoms with E-state index in [1.807, 2.05) is 6.92 Å². The molecule has 0 spiro atoms. The van der Waals surface area contributed by atoms with Gasteiger partial charge in [0.05, 0.1) is 12.7 Å². The van der Waals surface area contributed by atoms with E-state index in [0.29, 0.717) is 11.3 Å². The van der Waals surface area contributed by atoms with Gasteiger partial charge in [0.15, 0.2) is 5.78 Å². The van der Waals surface area contributed by atoms with E-state index in [4.69, 9.17) is 4.74 Å². The molecule has 0 aromatic heterocycles. The number of carbonyl (C=O) groups is 1. The molecule has 0 radical (unpaired) electrons. The quantitative estimate of drug-likeness (QED) is 0.796. The Kier molecular flexibility index (Phi) is 4.13. The number of rotatable bonds is 4. The summed E-state index contributed by atoms with van der Waals surface area (Å²) in [4.78, 5) is 12.2. The Morgan fingerprint density at radius 1 is 1.15 bits per heavy atom. The van der Waals surface area contributed by atoms with Crippen LogP contribution in [0.5, 0.6) is 5.75 Å². The molecule has 0 unspecified atom stereocenters. The molecule has 0 saturated heterocycles. The predicted molar refractivity (Wildman–Crippen MR) is 72.1 cm³/mol. The lowest BCUT2D eigenvalue weighted by Gasteiger charge is -2.09. The summed E-state index contributed by atoms with van der Waals surface area (Å²) in [5.41, 5.74) is 1.36. The van der Waals surface area contributed by atoms with Crippen LogP contribution < -0.4 is 4.74 Å². The smallest absolute Gasteiger partial charge is 0.171 e. The maximum Gasteiger partial charge on any atom is 0.171 e. The second-order valence-corrected chi connectivity index (χ2v) is 4.54. The minimum absolute atomic E-state index is 0.0395. The average Bonchev–Trinajstić information content (AvgIpc) is 2.42. The Bertz CT molecular complexity index is 651. The summed E-state index contributed by atoms with van der Waals surface area (Å²) in [5.74, 6) is -1.03. The number of hydrogen-bond acceptors (Lipinski definition) is 2. The molecule has 0 aliphatic carbocycles. The van der Waals surface area contributed by atoms with Crippen molar-refractivity contribution in [2.24, 2.45) is 0 Å². The van der Waals surface area contributed by atoms with Crippen molar-refractivity contribution in [2.75, 3.05) is 7.11 Å². The van der Waals surface area contributed by atoms with Crippen molar-refractivity contribution in [3.63, 3.8) is 0 Å². The molecule has 2 nitrogen and oxygen atoms in total. The lowest BCUT2D eigenvalue weighted by atomic mass is 10.0. The Morgan fingerprint density at radius 3 is 2.60 bits per heavy atom. The van der Waals surface area contributed by atoms with Crippen LogP contribution in [0.15, 0.2) is 36.4 Å². The fourth-order valence-electron chi connectivity index (χ4n) is 1.98. The van der Waals surface area contributed by atoms with Crippen molar-refractivity contribution >= 4 is 5.78 Å². The zero-order valence-electron chi connectivity index (χ0n) is 11.2. The number of benzene rings is 2. The SMILES string of the molecule is COc1cc(C)ccc1C(=O)Cc1cc(F)ccc1F. The lowest BCUT2D eigenvalue weighted by Crippen LogP contribution is -2.07. The van der Waals surface area contributed by atoms with Crippen LogP contribution in [0.3, 0.4) is 0 Å². The first-order chi connectivity index (χ1) is 9.51. The van der Waals surface area contributed by atoms with Crippen LogP contribution in [0.1, 0.15) is 21.5 Å². The number of carbonyl (C=O) groups excluding carboxylic acids is 1. The highest BCUT2D eigenvalue weighted by Crippen LogP contribution is 2.22. The van der Waals surface area contributed by atoms with Crippen molar-refractivity contribution in [2.45, 2.75) is 13.3 Å². The summed E-state index contributed by atoms with van der Waals surface area (Å²) in [5, 5.41) is 0. The van der Waals surface area contributed by atoms with Crippen LogP contribution in [0, 0.1) is 18.6 Å². The molecule has 0 fully saturated rings. The Hall–Kier alpha value is -2.23. The van der Waals surface area contributed by atoms with Gasteiger partial charge < -0.3 is 4.74 Å². The van der Waals surface area contributed by atoms with Gasteiger partial charge in [-0.1, -0.05) is 6.07 Å². The summed E-state index contributed by atoms with van der Waals surface area (Å²) < 4.78 is 31.8. The number of Topliss-reactive ketones (excluding diaryl/α,β-unsaturated/α-hetero) is 1. The molecule has 0 heterocycles. The number of halogens is 2. The van der Waals surface area contributed by atoms with Gasteiger partial charge in [0.2, 0.25) is 0 Å². The first-order valence-electron chi connectivity index (χ1n) is 6.13. The van der Waals surface area contributed by atoms with Gasteiger partial charge in [-0.05, 0) is 48.4 Å². The third-order valence-electron chi connectivity index (χ3n) is 3.02. The molecule has 2 rings (SSSR count). The number of ether oxygens (including phenoxy) is 1.